The lowest BCUT2D eigenvalue weighted by Gasteiger charge is -2.34. The predicted molar refractivity (Wildman–Crippen MR) is 486 cm³/mol. The van der Waals surface area contributed by atoms with E-state index in [2.05, 4.69) is 99.8 Å². The standard InChI is InChI=1S/2C26H28FNO4.C24H34BNO4.2C8H6BrFO2.C7H4BrFO2/c2*1-16-13-19(25(30)31)14-20(23(16)27)17-4-6-18(7-5-17)21-15-26(21)8-10-28(11-9-26)24(29)22-3-2-12-32-22;1-22(2)23(3,4)30-25(29-22)18-9-7-17(8-10-18)19-16-24(19)11-13-26(14-12-24)21(27)20-6-5-15-28-20;2*1-4-2-5(8(11)12)3-6(9)7(4)10;8-5-3-4(7(10)11)1-2-6(5)9/h2*4-7,13-14,21-22H,2-3,8-12,15H2,1H3,(H,30,31);7-10,19-20H,5-6,11-16H2,1-4H3;2*2-3H,1H3,(H,11,12);1-3H,(H,10,11)/t21-,22+;21-,22-;19?,20-;;;/m011.../s1. The van der Waals surface area contributed by atoms with Crippen LogP contribution in [0, 0.1) is 73.0 Å². The number of carbonyl (C=O) groups excluding carboxylic acids is 3. The molecule has 10 aliphatic rings. The molecule has 7 aliphatic heterocycles. The summed E-state index contributed by atoms with van der Waals surface area (Å²) >= 11 is 8.73. The second kappa shape index (κ2) is 40.3. The predicted octanol–water partition coefficient (Wildman–Crippen LogP) is 20.3. The van der Waals surface area contributed by atoms with Gasteiger partial charge in [0.15, 0.2) is 0 Å². The first-order valence-electron chi connectivity index (χ1n) is 43.6. The lowest BCUT2D eigenvalue weighted by atomic mass is 9.78. The molecule has 8 aromatic rings. The number of hydrogen-bond acceptors (Lipinski definition) is 13. The first kappa shape index (κ1) is 97.0. The van der Waals surface area contributed by atoms with Gasteiger partial charge in [0.05, 0.1) is 52.4 Å². The Morgan fingerprint density at radius 3 is 0.915 bits per heavy atom. The molecule has 6 atom stereocenters. The highest BCUT2D eigenvalue weighted by molar-refractivity contribution is 9.11. The number of carboxylic acids is 5. The number of hydrogen-bond donors (Lipinski definition) is 5. The zero-order valence-electron chi connectivity index (χ0n) is 73.2. The minimum absolute atomic E-state index is 0.0678. The average Bonchev–Trinajstić information content (AvgIpc) is 1.58. The molecule has 3 spiro atoms. The zero-order chi connectivity index (χ0) is 93.1. The van der Waals surface area contributed by atoms with Crippen LogP contribution in [0.5, 0.6) is 0 Å². The second-order valence-electron chi connectivity index (χ2n) is 36.5. The van der Waals surface area contributed by atoms with E-state index in [1.165, 1.54) is 97.6 Å². The molecule has 3 amide bonds. The first-order valence-corrected chi connectivity index (χ1v) is 46.0. The van der Waals surface area contributed by atoms with Crippen LogP contribution in [0.4, 0.5) is 22.0 Å². The molecule has 18 rings (SSSR count). The van der Waals surface area contributed by atoms with E-state index in [0.717, 1.165) is 147 Å². The van der Waals surface area contributed by atoms with Crippen molar-refractivity contribution in [1.29, 1.82) is 0 Å². The van der Waals surface area contributed by atoms with Crippen molar-refractivity contribution in [3.05, 3.63) is 249 Å². The second-order valence-corrected chi connectivity index (χ2v) is 39.0. The van der Waals surface area contributed by atoms with Gasteiger partial charge in [0.2, 0.25) is 0 Å². The zero-order valence-corrected chi connectivity index (χ0v) is 78.0. The summed E-state index contributed by atoms with van der Waals surface area (Å²) < 4.78 is 97.3. The van der Waals surface area contributed by atoms with Crippen LogP contribution in [-0.4, -0.2) is 184 Å². The number of nitrogens with zero attached hydrogens (tertiary/aromatic N) is 3. The van der Waals surface area contributed by atoms with Gasteiger partial charge < -0.3 is 63.8 Å². The number of carboxylic acid groups (broad SMARTS) is 5. The summed E-state index contributed by atoms with van der Waals surface area (Å²) in [6.45, 7) is 21.6. The van der Waals surface area contributed by atoms with Gasteiger partial charge in [-0.3, -0.25) is 14.4 Å². The molecule has 7 saturated heterocycles. The van der Waals surface area contributed by atoms with Gasteiger partial charge in [-0.25, -0.2) is 45.9 Å². The third-order valence-electron chi connectivity index (χ3n) is 27.6. The van der Waals surface area contributed by atoms with Crippen LogP contribution in [0.25, 0.3) is 22.3 Å². The van der Waals surface area contributed by atoms with Crippen molar-refractivity contribution in [2.75, 3.05) is 59.1 Å². The molecule has 3 aliphatic carbocycles. The topological polar surface area (TPSA) is 294 Å². The minimum atomic E-state index is -1.06. The summed E-state index contributed by atoms with van der Waals surface area (Å²) in [5.41, 5.74) is 8.98. The number of aromatic carboxylic acids is 5. The first-order chi connectivity index (χ1) is 61.1. The molecule has 129 heavy (non-hydrogen) atoms. The van der Waals surface area contributed by atoms with E-state index >= 15 is 0 Å². The van der Waals surface area contributed by atoms with Crippen LogP contribution in [-0.2, 0) is 37.9 Å². The largest absolute Gasteiger partial charge is 0.494 e. The summed E-state index contributed by atoms with van der Waals surface area (Å²) in [5.74, 6) is -5.29. The Morgan fingerprint density at radius 2 is 0.643 bits per heavy atom. The van der Waals surface area contributed by atoms with Crippen LogP contribution in [0.3, 0.4) is 0 Å². The van der Waals surface area contributed by atoms with Gasteiger partial charge in [-0.05, 0) is 356 Å². The van der Waals surface area contributed by atoms with Crippen LogP contribution in [0.15, 0.2) is 153 Å². The van der Waals surface area contributed by atoms with Crippen molar-refractivity contribution < 1.29 is 109 Å². The third kappa shape index (κ3) is 22.3. The molecule has 30 heteroatoms. The Morgan fingerprint density at radius 1 is 0.364 bits per heavy atom. The number of aryl methyl sites for hydroxylation is 4. The van der Waals surface area contributed by atoms with Crippen molar-refractivity contribution in [2.45, 2.75) is 199 Å². The maximum Gasteiger partial charge on any atom is 0.494 e. The summed E-state index contributed by atoms with van der Waals surface area (Å²) in [5, 5.41) is 44.2. The molecule has 0 aromatic heterocycles. The van der Waals surface area contributed by atoms with Gasteiger partial charge in [0.25, 0.3) is 17.7 Å². The Kier molecular flexibility index (Phi) is 30.3. The Hall–Kier alpha value is -9.53. The van der Waals surface area contributed by atoms with E-state index in [1.54, 1.807) is 13.8 Å². The molecule has 684 valence electrons. The molecule has 0 radical (unpaired) electrons. The van der Waals surface area contributed by atoms with E-state index < -0.39 is 47.3 Å². The maximum atomic E-state index is 14.7. The molecule has 1 unspecified atom stereocenters. The van der Waals surface area contributed by atoms with Gasteiger partial charge in [0.1, 0.15) is 47.4 Å². The third-order valence-corrected chi connectivity index (χ3v) is 29.4. The van der Waals surface area contributed by atoms with Crippen molar-refractivity contribution in [2.24, 2.45) is 16.2 Å². The van der Waals surface area contributed by atoms with Crippen molar-refractivity contribution in [3.8, 4) is 22.3 Å². The van der Waals surface area contributed by atoms with Gasteiger partial charge in [-0.15, -0.1) is 0 Å². The Labute approximate surface area is 772 Å². The molecule has 0 bridgehead atoms. The maximum absolute atomic E-state index is 14.7. The SMILES string of the molecule is CC1(C)OB(c2ccc(C3CC34CCN(C(=O)[C@H]3CCCO3)CC4)cc2)OC1(C)C.Cc1cc(C(=O)O)cc(-c2ccc([C@@H]3CC34CCN(C(=O)[C@H]3CCCO3)CC4)cc2)c1F.Cc1cc(C(=O)O)cc(-c2ccc([C@H]3CC34CCN(C(=O)[C@H]3CCCO3)CC4)cc2)c1F.Cc1cc(C(=O)O)cc(Br)c1F.Cc1cc(C(=O)O)cc(Br)c1F.O=C(O)c1ccc(F)c(Br)c1. The summed E-state index contributed by atoms with van der Waals surface area (Å²) in [6, 6.07) is 38.7. The van der Waals surface area contributed by atoms with Crippen LogP contribution < -0.4 is 5.46 Å². The summed E-state index contributed by atoms with van der Waals surface area (Å²) in [4.78, 5) is 97.8. The molecule has 8 aromatic carbocycles. The number of piperidine rings is 3. The highest BCUT2D eigenvalue weighted by atomic mass is 79.9. The Balaban J connectivity index is 0.000000139. The lowest BCUT2D eigenvalue weighted by molar-refractivity contribution is -0.143. The fourth-order valence-electron chi connectivity index (χ4n) is 18.8. The van der Waals surface area contributed by atoms with E-state index in [-0.39, 0.29) is 118 Å². The molecule has 7 heterocycles. The highest BCUT2D eigenvalue weighted by Gasteiger charge is 2.59. The number of halogens is 8. The van der Waals surface area contributed by atoms with Crippen LogP contribution >= 0.6 is 47.8 Å². The van der Waals surface area contributed by atoms with Crippen molar-refractivity contribution >= 4 is 108 Å². The molecular formula is C99H106BBr3F5N3O18. The van der Waals surface area contributed by atoms with E-state index in [4.69, 9.17) is 38.8 Å². The summed E-state index contributed by atoms with van der Waals surface area (Å²) in [6.07, 6.45) is 14.6. The quantitative estimate of drug-likeness (QED) is 0.0499. The molecule has 21 nitrogen and oxygen atoms in total. The van der Waals surface area contributed by atoms with Gasteiger partial charge >= 0.3 is 37.0 Å². The van der Waals surface area contributed by atoms with E-state index in [9.17, 15) is 70.5 Å². The smallest absolute Gasteiger partial charge is 0.478 e. The highest BCUT2D eigenvalue weighted by Crippen LogP contribution is 2.67. The summed E-state index contributed by atoms with van der Waals surface area (Å²) in [7, 11) is -0.302. The number of rotatable bonds is 14. The number of likely N-dealkylation sites (tertiary alicyclic amines) is 3. The molecule has 3 saturated carbocycles. The number of carbonyl (C=O) groups is 8. The fraction of sp³-hybridized carbons (Fsp3) is 0.434. The van der Waals surface area contributed by atoms with E-state index in [1.807, 2.05) is 63.2 Å². The van der Waals surface area contributed by atoms with Crippen LogP contribution in [0.2, 0.25) is 0 Å². The average molecular weight is 1970 g/mol. The number of amides is 3. The van der Waals surface area contributed by atoms with Gasteiger partial charge in [0, 0.05) is 70.2 Å². The minimum Gasteiger partial charge on any atom is -0.478 e. The van der Waals surface area contributed by atoms with Gasteiger partial charge in [-0.1, -0.05) is 72.8 Å². The van der Waals surface area contributed by atoms with Crippen molar-refractivity contribution in [1.82, 2.24) is 14.7 Å². The number of ether oxygens (including phenoxy) is 3. The van der Waals surface area contributed by atoms with E-state index in [0.29, 0.717) is 80.9 Å². The molecule has 10 fully saturated rings. The lowest BCUT2D eigenvalue weighted by Crippen LogP contribution is -2.44. The molecular weight excluding hydrogens is 1860 g/mol. The van der Waals surface area contributed by atoms with Gasteiger partial charge in [-0.2, -0.15) is 0 Å². The van der Waals surface area contributed by atoms with Crippen LogP contribution in [0.1, 0.15) is 232 Å². The number of benzene rings is 8. The monoisotopic (exact) mass is 1970 g/mol. The Bertz CT molecular complexity index is 5250. The fourth-order valence-corrected chi connectivity index (χ4v) is 20.2. The van der Waals surface area contributed by atoms with Crippen molar-refractivity contribution in [3.63, 3.8) is 0 Å². The molecule has 5 N–H and O–H groups in total. The normalized spacial score (nSPS) is 21.9.